The van der Waals surface area contributed by atoms with Crippen LogP contribution >= 0.6 is 0 Å². The van der Waals surface area contributed by atoms with E-state index in [0.29, 0.717) is 17.0 Å². The van der Waals surface area contributed by atoms with Crippen molar-refractivity contribution in [3.8, 4) is 5.75 Å². The van der Waals surface area contributed by atoms with Gasteiger partial charge in [0.05, 0.1) is 5.56 Å². The van der Waals surface area contributed by atoms with Gasteiger partial charge in [-0.1, -0.05) is 24.3 Å². The molecule has 0 radical (unpaired) electrons. The number of ether oxygens (including phenoxy) is 1. The molecule has 0 unspecified atom stereocenters. The van der Waals surface area contributed by atoms with Crippen molar-refractivity contribution in [3.63, 3.8) is 0 Å². The molecule has 2 aromatic rings. The lowest BCUT2D eigenvalue weighted by Gasteiger charge is -2.11. The van der Waals surface area contributed by atoms with Gasteiger partial charge in [-0.3, -0.25) is 4.79 Å². The lowest BCUT2D eigenvalue weighted by molar-refractivity contribution is -0.118. The highest BCUT2D eigenvalue weighted by molar-refractivity contribution is 5.96. The van der Waals surface area contributed by atoms with E-state index >= 15 is 0 Å². The van der Waals surface area contributed by atoms with Crippen molar-refractivity contribution in [3.05, 3.63) is 59.7 Å². The molecule has 0 aliphatic heterocycles. The van der Waals surface area contributed by atoms with E-state index in [9.17, 15) is 9.59 Å². The monoisotopic (exact) mass is 285 g/mol. The zero-order valence-electron chi connectivity index (χ0n) is 11.5. The van der Waals surface area contributed by atoms with Gasteiger partial charge in [0, 0.05) is 5.69 Å². The highest BCUT2D eigenvalue weighted by atomic mass is 16.5. The number of hydrogen-bond acceptors (Lipinski definition) is 3. The van der Waals surface area contributed by atoms with E-state index in [1.165, 1.54) is 6.07 Å². The number of amides is 1. The molecule has 1 amide bonds. The minimum absolute atomic E-state index is 0.138. The lowest BCUT2D eigenvalue weighted by Crippen LogP contribution is -2.21. The summed E-state index contributed by atoms with van der Waals surface area (Å²) in [6, 6.07) is 13.7. The maximum absolute atomic E-state index is 11.8. The fraction of sp³-hybridized carbons (Fsp3) is 0.125. The van der Waals surface area contributed by atoms with Gasteiger partial charge < -0.3 is 15.2 Å². The average molecular weight is 285 g/mol. The Labute approximate surface area is 122 Å². The Morgan fingerprint density at radius 2 is 1.81 bits per heavy atom. The second kappa shape index (κ2) is 6.56. The predicted octanol–water partition coefficient (Wildman–Crippen LogP) is 2.71. The van der Waals surface area contributed by atoms with Crippen molar-refractivity contribution in [2.45, 2.75) is 6.92 Å². The molecule has 5 heteroatoms. The summed E-state index contributed by atoms with van der Waals surface area (Å²) in [5.74, 6) is -0.766. The van der Waals surface area contributed by atoms with Gasteiger partial charge in [0.2, 0.25) is 0 Å². The Bertz CT molecular complexity index is 653. The zero-order chi connectivity index (χ0) is 15.2. The fourth-order valence-corrected chi connectivity index (χ4v) is 1.85. The quantitative estimate of drug-likeness (QED) is 0.885. The van der Waals surface area contributed by atoms with Gasteiger partial charge in [-0.05, 0) is 36.8 Å². The molecule has 0 heterocycles. The van der Waals surface area contributed by atoms with Crippen LogP contribution in [-0.4, -0.2) is 23.6 Å². The molecule has 2 rings (SSSR count). The van der Waals surface area contributed by atoms with Gasteiger partial charge in [-0.2, -0.15) is 0 Å². The van der Waals surface area contributed by atoms with Crippen molar-refractivity contribution in [2.24, 2.45) is 0 Å². The summed E-state index contributed by atoms with van der Waals surface area (Å²) in [4.78, 5) is 22.9. The van der Waals surface area contributed by atoms with Crippen molar-refractivity contribution in [2.75, 3.05) is 11.9 Å². The topological polar surface area (TPSA) is 75.6 Å². The van der Waals surface area contributed by atoms with Crippen LogP contribution in [0.4, 0.5) is 5.69 Å². The van der Waals surface area contributed by atoms with Gasteiger partial charge in [0.15, 0.2) is 6.61 Å². The van der Waals surface area contributed by atoms with Crippen molar-refractivity contribution in [1.29, 1.82) is 0 Å². The number of carbonyl (C=O) groups excluding carboxylic acids is 1. The van der Waals surface area contributed by atoms with Gasteiger partial charge in [0.1, 0.15) is 5.75 Å². The van der Waals surface area contributed by atoms with Crippen LogP contribution in [0.25, 0.3) is 0 Å². The molecule has 0 fully saturated rings. The highest BCUT2D eigenvalue weighted by Crippen LogP contribution is 2.19. The molecule has 0 spiro atoms. The summed E-state index contributed by atoms with van der Waals surface area (Å²) in [6.45, 7) is 1.51. The standard InChI is InChI=1S/C16H15NO4/c1-11-13(16(19)20)8-5-9-14(11)17-15(18)10-21-12-6-3-2-4-7-12/h2-9H,10H2,1H3,(H,17,18)(H,19,20). The maximum Gasteiger partial charge on any atom is 0.336 e. The van der Waals surface area contributed by atoms with Crippen LogP contribution in [0.3, 0.4) is 0 Å². The van der Waals surface area contributed by atoms with E-state index in [2.05, 4.69) is 5.32 Å². The molecule has 2 aromatic carbocycles. The van der Waals surface area contributed by atoms with E-state index in [-0.39, 0.29) is 18.1 Å². The molecular weight excluding hydrogens is 270 g/mol. The number of carbonyl (C=O) groups is 2. The van der Waals surface area contributed by atoms with Crippen molar-refractivity contribution in [1.82, 2.24) is 0 Å². The Kier molecular flexibility index (Phi) is 4.56. The van der Waals surface area contributed by atoms with E-state index in [0.717, 1.165) is 0 Å². The Hall–Kier alpha value is -2.82. The molecule has 2 N–H and O–H groups in total. The summed E-state index contributed by atoms with van der Waals surface area (Å²) < 4.78 is 5.33. The molecular formula is C16H15NO4. The average Bonchev–Trinajstić information content (AvgIpc) is 2.48. The number of nitrogens with one attached hydrogen (secondary N) is 1. The number of carboxylic acids is 1. The molecule has 5 nitrogen and oxygen atoms in total. The van der Waals surface area contributed by atoms with Crippen LogP contribution < -0.4 is 10.1 Å². The first-order valence-corrected chi connectivity index (χ1v) is 6.38. The van der Waals surface area contributed by atoms with Crippen LogP contribution in [0.15, 0.2) is 48.5 Å². The summed E-state index contributed by atoms with van der Waals surface area (Å²) in [7, 11) is 0. The second-order valence-corrected chi connectivity index (χ2v) is 4.43. The first kappa shape index (κ1) is 14.6. The third kappa shape index (κ3) is 3.82. The smallest absolute Gasteiger partial charge is 0.336 e. The number of para-hydroxylation sites is 1. The van der Waals surface area contributed by atoms with E-state index in [1.54, 1.807) is 31.2 Å². The highest BCUT2D eigenvalue weighted by Gasteiger charge is 2.12. The van der Waals surface area contributed by atoms with Crippen molar-refractivity contribution >= 4 is 17.6 Å². The first-order chi connectivity index (χ1) is 10.1. The van der Waals surface area contributed by atoms with Gasteiger partial charge in [-0.25, -0.2) is 4.79 Å². The van der Waals surface area contributed by atoms with Gasteiger partial charge >= 0.3 is 5.97 Å². The van der Waals surface area contributed by atoms with Gasteiger partial charge in [0.25, 0.3) is 5.91 Å². The molecule has 0 atom stereocenters. The molecule has 0 saturated heterocycles. The Morgan fingerprint density at radius 1 is 1.10 bits per heavy atom. The second-order valence-electron chi connectivity index (χ2n) is 4.43. The number of anilines is 1. The minimum Gasteiger partial charge on any atom is -0.484 e. The van der Waals surface area contributed by atoms with Crippen LogP contribution in [0.2, 0.25) is 0 Å². The summed E-state index contributed by atoms with van der Waals surface area (Å²) in [6.07, 6.45) is 0. The van der Waals surface area contributed by atoms with E-state index in [1.807, 2.05) is 18.2 Å². The largest absolute Gasteiger partial charge is 0.484 e. The molecule has 0 aromatic heterocycles. The van der Waals surface area contributed by atoms with Crippen LogP contribution in [-0.2, 0) is 4.79 Å². The third-order valence-electron chi connectivity index (χ3n) is 2.95. The van der Waals surface area contributed by atoms with E-state index in [4.69, 9.17) is 9.84 Å². The lowest BCUT2D eigenvalue weighted by atomic mass is 10.1. The number of aromatic carboxylic acids is 1. The molecule has 108 valence electrons. The molecule has 21 heavy (non-hydrogen) atoms. The number of rotatable bonds is 5. The van der Waals surface area contributed by atoms with E-state index < -0.39 is 5.97 Å². The maximum atomic E-state index is 11.8. The first-order valence-electron chi connectivity index (χ1n) is 6.38. The Balaban J connectivity index is 2.00. The number of carboxylic acid groups (broad SMARTS) is 1. The summed E-state index contributed by atoms with van der Waals surface area (Å²) >= 11 is 0. The normalized spacial score (nSPS) is 9.95. The van der Waals surface area contributed by atoms with Crippen LogP contribution in [0.1, 0.15) is 15.9 Å². The minimum atomic E-state index is -1.02. The predicted molar refractivity (Wildman–Crippen MR) is 78.7 cm³/mol. The number of hydrogen-bond donors (Lipinski definition) is 2. The number of benzene rings is 2. The van der Waals surface area contributed by atoms with Gasteiger partial charge in [-0.15, -0.1) is 0 Å². The molecule has 0 aliphatic rings. The molecule has 0 aliphatic carbocycles. The SMILES string of the molecule is Cc1c(NC(=O)COc2ccccc2)cccc1C(=O)O. The molecule has 0 saturated carbocycles. The third-order valence-corrected chi connectivity index (χ3v) is 2.95. The summed E-state index contributed by atoms with van der Waals surface area (Å²) in [5.41, 5.74) is 1.14. The molecule has 0 bridgehead atoms. The fourth-order valence-electron chi connectivity index (χ4n) is 1.85. The van der Waals surface area contributed by atoms with Crippen LogP contribution in [0, 0.1) is 6.92 Å². The van der Waals surface area contributed by atoms with Crippen molar-refractivity contribution < 1.29 is 19.4 Å². The summed E-state index contributed by atoms with van der Waals surface area (Å²) in [5, 5.41) is 11.7. The zero-order valence-corrected chi connectivity index (χ0v) is 11.5. The van der Waals surface area contributed by atoms with Crippen LogP contribution in [0.5, 0.6) is 5.75 Å². The Morgan fingerprint density at radius 3 is 2.48 bits per heavy atom.